The summed E-state index contributed by atoms with van der Waals surface area (Å²) in [5.41, 5.74) is 5.93. The van der Waals surface area contributed by atoms with Gasteiger partial charge in [-0.1, -0.05) is 0 Å². The molecule has 2 rings (SSSR count). The third-order valence-electron chi connectivity index (χ3n) is 4.37. The second-order valence-electron chi connectivity index (χ2n) is 5.57. The summed E-state index contributed by atoms with van der Waals surface area (Å²) in [6, 6.07) is 1.10. The fourth-order valence-electron chi connectivity index (χ4n) is 3.20. The van der Waals surface area contributed by atoms with Crippen LogP contribution in [0, 0.1) is 0 Å². The highest BCUT2D eigenvalue weighted by molar-refractivity contribution is 4.86. The number of likely N-dealkylation sites (tertiary alicyclic amines) is 1. The van der Waals surface area contributed by atoms with E-state index in [1.54, 1.807) is 0 Å². The molecule has 0 radical (unpaired) electrons. The van der Waals surface area contributed by atoms with E-state index >= 15 is 0 Å². The van der Waals surface area contributed by atoms with Crippen molar-refractivity contribution in [1.82, 2.24) is 9.80 Å². The first-order chi connectivity index (χ1) is 8.22. The van der Waals surface area contributed by atoms with Crippen molar-refractivity contribution in [3.63, 3.8) is 0 Å². The van der Waals surface area contributed by atoms with Crippen LogP contribution in [0.25, 0.3) is 0 Å². The predicted octanol–water partition coefficient (Wildman–Crippen LogP) is 0.519. The minimum atomic E-state index is 0.358. The summed E-state index contributed by atoms with van der Waals surface area (Å²) in [5, 5.41) is 0. The van der Waals surface area contributed by atoms with E-state index in [2.05, 4.69) is 23.9 Å². The lowest BCUT2D eigenvalue weighted by Crippen LogP contribution is -2.50. The molecule has 17 heavy (non-hydrogen) atoms. The van der Waals surface area contributed by atoms with Crippen molar-refractivity contribution in [3.05, 3.63) is 0 Å². The molecule has 4 nitrogen and oxygen atoms in total. The highest BCUT2D eigenvalue weighted by atomic mass is 16.5. The molecule has 2 aliphatic heterocycles. The van der Waals surface area contributed by atoms with Gasteiger partial charge in [-0.2, -0.15) is 0 Å². The second kappa shape index (κ2) is 6.14. The first-order valence-electron chi connectivity index (χ1n) is 6.94. The van der Waals surface area contributed by atoms with Crippen LogP contribution in [0.3, 0.4) is 0 Å². The topological polar surface area (TPSA) is 41.7 Å². The van der Waals surface area contributed by atoms with E-state index in [4.69, 9.17) is 10.5 Å². The third-order valence-corrected chi connectivity index (χ3v) is 4.37. The predicted molar refractivity (Wildman–Crippen MR) is 70.1 cm³/mol. The lowest BCUT2D eigenvalue weighted by Gasteiger charge is -2.34. The summed E-state index contributed by atoms with van der Waals surface area (Å²) < 4.78 is 5.78. The van der Waals surface area contributed by atoms with Gasteiger partial charge in [-0.05, 0) is 46.3 Å². The number of hydrogen-bond acceptors (Lipinski definition) is 4. The smallest absolute Gasteiger partial charge is 0.0743 e. The van der Waals surface area contributed by atoms with Crippen molar-refractivity contribution < 1.29 is 4.74 Å². The van der Waals surface area contributed by atoms with Crippen molar-refractivity contribution in [2.75, 3.05) is 40.3 Å². The molecular weight excluding hydrogens is 214 g/mol. The van der Waals surface area contributed by atoms with E-state index in [1.807, 2.05) is 0 Å². The lowest BCUT2D eigenvalue weighted by atomic mass is 10.1. The average molecular weight is 241 g/mol. The first-order valence-corrected chi connectivity index (χ1v) is 6.94. The maximum atomic E-state index is 5.93. The second-order valence-corrected chi connectivity index (χ2v) is 5.57. The van der Waals surface area contributed by atoms with Crippen LogP contribution in [-0.4, -0.2) is 68.3 Å². The number of ether oxygens (including phenoxy) is 1. The van der Waals surface area contributed by atoms with E-state index in [9.17, 15) is 0 Å². The molecule has 2 saturated heterocycles. The number of nitrogens with two attached hydrogens (primary N) is 1. The van der Waals surface area contributed by atoms with E-state index in [0.29, 0.717) is 24.7 Å². The van der Waals surface area contributed by atoms with Crippen molar-refractivity contribution >= 4 is 0 Å². The van der Waals surface area contributed by atoms with Crippen molar-refractivity contribution in [2.24, 2.45) is 5.73 Å². The Morgan fingerprint density at radius 3 is 2.76 bits per heavy atom. The van der Waals surface area contributed by atoms with E-state index in [0.717, 1.165) is 13.2 Å². The number of hydrogen-bond donors (Lipinski definition) is 1. The fraction of sp³-hybridized carbons (Fsp3) is 1.00. The summed E-state index contributed by atoms with van der Waals surface area (Å²) in [6.45, 7) is 3.99. The van der Waals surface area contributed by atoms with Crippen LogP contribution in [-0.2, 0) is 4.74 Å². The van der Waals surface area contributed by atoms with E-state index in [-0.39, 0.29) is 0 Å². The highest BCUT2D eigenvalue weighted by Crippen LogP contribution is 2.21. The molecule has 0 aliphatic carbocycles. The summed E-state index contributed by atoms with van der Waals surface area (Å²) in [7, 11) is 4.43. The van der Waals surface area contributed by atoms with Gasteiger partial charge < -0.3 is 15.4 Å². The molecule has 0 aromatic carbocycles. The quantitative estimate of drug-likeness (QED) is 0.762. The monoisotopic (exact) mass is 241 g/mol. The Morgan fingerprint density at radius 2 is 2.24 bits per heavy atom. The molecule has 0 aromatic heterocycles. The van der Waals surface area contributed by atoms with Crippen LogP contribution in [0.2, 0.25) is 0 Å². The Hall–Kier alpha value is -0.160. The largest absolute Gasteiger partial charge is 0.377 e. The average Bonchev–Trinajstić information content (AvgIpc) is 2.93. The molecular formula is C13H27N3O. The Balaban J connectivity index is 1.85. The Morgan fingerprint density at radius 1 is 1.41 bits per heavy atom. The summed E-state index contributed by atoms with van der Waals surface area (Å²) >= 11 is 0. The van der Waals surface area contributed by atoms with Gasteiger partial charge in [0.15, 0.2) is 0 Å². The van der Waals surface area contributed by atoms with Crippen LogP contribution in [0.5, 0.6) is 0 Å². The van der Waals surface area contributed by atoms with E-state index in [1.165, 1.54) is 32.2 Å². The first kappa shape index (κ1) is 13.3. The Labute approximate surface area is 105 Å². The molecule has 100 valence electrons. The minimum absolute atomic E-state index is 0.358. The molecule has 2 aliphatic rings. The van der Waals surface area contributed by atoms with Crippen molar-refractivity contribution in [2.45, 2.75) is 43.9 Å². The molecule has 0 spiro atoms. The molecule has 0 bridgehead atoms. The van der Waals surface area contributed by atoms with Crippen LogP contribution in [0.15, 0.2) is 0 Å². The van der Waals surface area contributed by atoms with Gasteiger partial charge in [-0.3, -0.25) is 4.90 Å². The Bertz CT molecular complexity index is 231. The zero-order valence-corrected chi connectivity index (χ0v) is 11.3. The van der Waals surface area contributed by atoms with Gasteiger partial charge >= 0.3 is 0 Å². The molecule has 2 heterocycles. The summed E-state index contributed by atoms with van der Waals surface area (Å²) in [5.74, 6) is 0. The zero-order chi connectivity index (χ0) is 12.3. The SMILES string of the molecule is CN1CCCC1CN(C)C(CN)C1CCCO1. The molecule has 3 atom stereocenters. The lowest BCUT2D eigenvalue weighted by molar-refractivity contribution is 0.0303. The van der Waals surface area contributed by atoms with Gasteiger partial charge in [0.25, 0.3) is 0 Å². The van der Waals surface area contributed by atoms with Crippen LogP contribution >= 0.6 is 0 Å². The van der Waals surface area contributed by atoms with Gasteiger partial charge in [-0.15, -0.1) is 0 Å². The van der Waals surface area contributed by atoms with Gasteiger partial charge in [0.1, 0.15) is 0 Å². The van der Waals surface area contributed by atoms with E-state index < -0.39 is 0 Å². The standard InChI is InChI=1S/C13H27N3O/c1-15-7-3-5-11(15)10-16(2)12(9-14)13-6-4-8-17-13/h11-13H,3-10,14H2,1-2H3. The Kier molecular flexibility index (Phi) is 4.79. The van der Waals surface area contributed by atoms with Gasteiger partial charge in [-0.25, -0.2) is 0 Å². The maximum Gasteiger partial charge on any atom is 0.0743 e. The normalized spacial score (nSPS) is 32.5. The van der Waals surface area contributed by atoms with Crippen LogP contribution in [0.4, 0.5) is 0 Å². The maximum absolute atomic E-state index is 5.93. The third kappa shape index (κ3) is 3.19. The molecule has 0 aromatic rings. The molecule has 3 unspecified atom stereocenters. The van der Waals surface area contributed by atoms with Gasteiger partial charge in [0.05, 0.1) is 6.10 Å². The molecule has 2 fully saturated rings. The van der Waals surface area contributed by atoms with Gasteiger partial charge in [0.2, 0.25) is 0 Å². The number of rotatable bonds is 5. The minimum Gasteiger partial charge on any atom is -0.377 e. The molecule has 0 saturated carbocycles. The number of likely N-dealkylation sites (N-methyl/N-ethyl adjacent to an activating group) is 2. The highest BCUT2D eigenvalue weighted by Gasteiger charge is 2.30. The van der Waals surface area contributed by atoms with Crippen molar-refractivity contribution in [1.29, 1.82) is 0 Å². The van der Waals surface area contributed by atoms with Crippen molar-refractivity contribution in [3.8, 4) is 0 Å². The molecule has 2 N–H and O–H groups in total. The van der Waals surface area contributed by atoms with Crippen LogP contribution < -0.4 is 5.73 Å². The molecule has 0 amide bonds. The zero-order valence-electron chi connectivity index (χ0n) is 11.3. The molecule has 4 heteroatoms. The number of nitrogens with zero attached hydrogens (tertiary/aromatic N) is 2. The summed E-state index contributed by atoms with van der Waals surface area (Å²) in [6.07, 6.45) is 5.38. The fourth-order valence-corrected chi connectivity index (χ4v) is 3.20. The van der Waals surface area contributed by atoms with Crippen LogP contribution in [0.1, 0.15) is 25.7 Å². The summed E-state index contributed by atoms with van der Waals surface area (Å²) in [4.78, 5) is 4.89. The van der Waals surface area contributed by atoms with Gasteiger partial charge in [0, 0.05) is 31.8 Å².